The van der Waals surface area contributed by atoms with Crippen LogP contribution in [0.1, 0.15) is 62.0 Å². The van der Waals surface area contributed by atoms with E-state index < -0.39 is 6.04 Å². The van der Waals surface area contributed by atoms with Gasteiger partial charge in [0.1, 0.15) is 5.82 Å². The van der Waals surface area contributed by atoms with Gasteiger partial charge in [0.15, 0.2) is 5.76 Å². The fourth-order valence-corrected chi connectivity index (χ4v) is 4.38. The maximum absolute atomic E-state index is 13.7. The molecule has 0 bridgehead atoms. The van der Waals surface area contributed by atoms with Crippen LogP contribution in [-0.4, -0.2) is 26.9 Å². The lowest BCUT2D eigenvalue weighted by atomic mass is 10.1. The van der Waals surface area contributed by atoms with Gasteiger partial charge in [-0.25, -0.2) is 4.98 Å². The van der Waals surface area contributed by atoms with Gasteiger partial charge in [-0.1, -0.05) is 62.1 Å². The first-order chi connectivity index (χ1) is 16.5. The van der Waals surface area contributed by atoms with Gasteiger partial charge in [0.05, 0.1) is 33.9 Å². The van der Waals surface area contributed by atoms with E-state index in [9.17, 15) is 9.59 Å². The van der Waals surface area contributed by atoms with Crippen molar-refractivity contribution in [2.24, 2.45) is 0 Å². The number of aromatic nitrogens is 2. The molecule has 0 saturated carbocycles. The molecule has 7 heteroatoms. The van der Waals surface area contributed by atoms with Crippen LogP contribution >= 0.6 is 11.6 Å². The molecule has 2 heterocycles. The van der Waals surface area contributed by atoms with Gasteiger partial charge in [-0.05, 0) is 49.7 Å². The third kappa shape index (κ3) is 4.77. The fraction of sp³-hybridized carbons (Fsp3) is 0.296. The van der Waals surface area contributed by atoms with Crippen molar-refractivity contribution in [3.8, 4) is 5.69 Å². The van der Waals surface area contributed by atoms with Crippen LogP contribution in [0.2, 0.25) is 5.02 Å². The Labute approximate surface area is 203 Å². The Morgan fingerprint density at radius 2 is 1.82 bits per heavy atom. The highest BCUT2D eigenvalue weighted by molar-refractivity contribution is 6.32. The molecule has 1 unspecified atom stereocenters. The second-order valence-corrected chi connectivity index (χ2v) is 8.70. The molecule has 0 saturated heterocycles. The van der Waals surface area contributed by atoms with Gasteiger partial charge in [0.2, 0.25) is 0 Å². The summed E-state index contributed by atoms with van der Waals surface area (Å²) in [5.74, 6) is 0.476. The molecular formula is C27H28ClN3O3. The zero-order chi connectivity index (χ0) is 24.1. The summed E-state index contributed by atoms with van der Waals surface area (Å²) in [6, 6.07) is 17.2. The quantitative estimate of drug-likeness (QED) is 0.261. The molecule has 4 rings (SSSR count). The van der Waals surface area contributed by atoms with Gasteiger partial charge in [-0.15, -0.1) is 0 Å². The van der Waals surface area contributed by atoms with Crippen LogP contribution in [0, 0.1) is 0 Å². The number of fused-ring (bicyclic) bond motifs is 1. The minimum atomic E-state index is -0.507. The van der Waals surface area contributed by atoms with Crippen molar-refractivity contribution in [2.75, 3.05) is 6.54 Å². The number of nitrogens with zero attached hydrogens (tertiary/aromatic N) is 3. The lowest BCUT2D eigenvalue weighted by Crippen LogP contribution is -2.38. The normalized spacial score (nSPS) is 12.1. The van der Waals surface area contributed by atoms with Crippen LogP contribution in [0.3, 0.4) is 0 Å². The Hall–Kier alpha value is -3.38. The number of halogens is 1. The number of furan rings is 1. The molecule has 1 atom stereocenters. The van der Waals surface area contributed by atoms with E-state index >= 15 is 0 Å². The molecule has 34 heavy (non-hydrogen) atoms. The zero-order valence-corrected chi connectivity index (χ0v) is 20.2. The van der Waals surface area contributed by atoms with Crippen LogP contribution in [-0.2, 0) is 0 Å². The molecule has 0 aliphatic carbocycles. The van der Waals surface area contributed by atoms with E-state index in [-0.39, 0.29) is 17.2 Å². The average molecular weight is 478 g/mol. The molecule has 2 aromatic carbocycles. The average Bonchev–Trinajstić information content (AvgIpc) is 3.39. The van der Waals surface area contributed by atoms with Crippen molar-refractivity contribution in [2.45, 2.75) is 45.6 Å². The minimum absolute atomic E-state index is 0.225. The van der Waals surface area contributed by atoms with Gasteiger partial charge < -0.3 is 9.32 Å². The first-order valence-corrected chi connectivity index (χ1v) is 12.0. The topological polar surface area (TPSA) is 68.3 Å². The second kappa shape index (κ2) is 10.7. The number of rotatable bonds is 9. The van der Waals surface area contributed by atoms with Gasteiger partial charge in [0.25, 0.3) is 11.5 Å². The highest BCUT2D eigenvalue weighted by Crippen LogP contribution is 2.27. The SMILES string of the molecule is CCCCCCN(C(=O)c1ccco1)C(C)c1nc2ccccc2c(=O)n1-c1ccccc1Cl. The number of carbonyl (C=O) groups excluding carboxylic acids is 1. The summed E-state index contributed by atoms with van der Waals surface area (Å²) in [6.45, 7) is 4.56. The van der Waals surface area contributed by atoms with Crippen molar-refractivity contribution >= 4 is 28.4 Å². The van der Waals surface area contributed by atoms with Crippen LogP contribution in [0.25, 0.3) is 16.6 Å². The van der Waals surface area contributed by atoms with Crippen molar-refractivity contribution in [1.29, 1.82) is 0 Å². The summed E-state index contributed by atoms with van der Waals surface area (Å²) in [5, 5.41) is 0.923. The number of amides is 1. The van der Waals surface area contributed by atoms with Crippen LogP contribution in [0.4, 0.5) is 0 Å². The number of unbranched alkanes of at least 4 members (excludes halogenated alkanes) is 3. The molecule has 0 aliphatic heterocycles. The monoisotopic (exact) mass is 477 g/mol. The van der Waals surface area contributed by atoms with Crippen molar-refractivity contribution < 1.29 is 9.21 Å². The van der Waals surface area contributed by atoms with E-state index in [0.29, 0.717) is 34.0 Å². The smallest absolute Gasteiger partial charge is 0.290 e. The summed E-state index contributed by atoms with van der Waals surface area (Å²) >= 11 is 6.52. The van der Waals surface area contributed by atoms with Gasteiger partial charge in [-0.2, -0.15) is 0 Å². The molecule has 0 fully saturated rings. The van der Waals surface area contributed by atoms with Gasteiger partial charge in [0, 0.05) is 6.54 Å². The molecule has 4 aromatic rings. The number of carbonyl (C=O) groups is 1. The van der Waals surface area contributed by atoms with Crippen molar-refractivity contribution in [3.63, 3.8) is 0 Å². The fourth-order valence-electron chi connectivity index (χ4n) is 4.16. The Balaban J connectivity index is 1.86. The van der Waals surface area contributed by atoms with E-state index in [1.54, 1.807) is 35.2 Å². The molecule has 6 nitrogen and oxygen atoms in total. The molecule has 0 N–H and O–H groups in total. The lowest BCUT2D eigenvalue weighted by molar-refractivity contribution is 0.0644. The highest BCUT2D eigenvalue weighted by atomic mass is 35.5. The first-order valence-electron chi connectivity index (χ1n) is 11.6. The summed E-state index contributed by atoms with van der Waals surface area (Å²) in [5.41, 5.74) is 0.886. The molecule has 0 aliphatic rings. The molecule has 176 valence electrons. The largest absolute Gasteiger partial charge is 0.459 e. The summed E-state index contributed by atoms with van der Waals surface area (Å²) in [6.07, 6.45) is 5.53. The maximum Gasteiger partial charge on any atom is 0.290 e. The number of benzene rings is 2. The van der Waals surface area contributed by atoms with E-state index in [1.165, 1.54) is 10.8 Å². The lowest BCUT2D eigenvalue weighted by Gasteiger charge is -2.30. The third-order valence-electron chi connectivity index (χ3n) is 5.98. The van der Waals surface area contributed by atoms with Crippen molar-refractivity contribution in [3.05, 3.63) is 93.9 Å². The molecule has 0 radical (unpaired) electrons. The van der Waals surface area contributed by atoms with Crippen LogP contribution < -0.4 is 5.56 Å². The Morgan fingerprint density at radius 3 is 2.56 bits per heavy atom. The van der Waals surface area contributed by atoms with E-state index in [2.05, 4.69) is 6.92 Å². The third-order valence-corrected chi connectivity index (χ3v) is 6.30. The molecular weight excluding hydrogens is 450 g/mol. The Morgan fingerprint density at radius 1 is 1.06 bits per heavy atom. The van der Waals surface area contributed by atoms with Gasteiger partial charge in [-0.3, -0.25) is 14.2 Å². The molecule has 2 aromatic heterocycles. The summed E-state index contributed by atoms with van der Waals surface area (Å²) in [7, 11) is 0. The number of para-hydroxylation sites is 2. The Bertz CT molecular complexity index is 1330. The van der Waals surface area contributed by atoms with E-state index in [0.717, 1.165) is 25.7 Å². The van der Waals surface area contributed by atoms with Gasteiger partial charge >= 0.3 is 0 Å². The standard InChI is InChI=1S/C27H28ClN3O3/c1-3-4-5-10-17-30(27(33)24-16-11-18-34-24)19(2)25-29-22-14-8-6-12-20(22)26(32)31(25)23-15-9-7-13-21(23)28/h6-9,11-16,18-19H,3-5,10,17H2,1-2H3. The number of hydrogen-bond acceptors (Lipinski definition) is 4. The zero-order valence-electron chi connectivity index (χ0n) is 19.4. The van der Waals surface area contributed by atoms with Crippen LogP contribution in [0.15, 0.2) is 76.1 Å². The Kier molecular flexibility index (Phi) is 7.48. The minimum Gasteiger partial charge on any atom is -0.459 e. The summed E-state index contributed by atoms with van der Waals surface area (Å²) in [4.78, 5) is 33.7. The summed E-state index contributed by atoms with van der Waals surface area (Å²) < 4.78 is 6.95. The van der Waals surface area contributed by atoms with Crippen molar-refractivity contribution in [1.82, 2.24) is 14.5 Å². The van der Waals surface area contributed by atoms with E-state index in [1.807, 2.05) is 37.3 Å². The molecule has 1 amide bonds. The number of hydrogen-bond donors (Lipinski definition) is 0. The van der Waals surface area contributed by atoms with E-state index in [4.69, 9.17) is 21.0 Å². The van der Waals surface area contributed by atoms with Crippen LogP contribution in [0.5, 0.6) is 0 Å². The maximum atomic E-state index is 13.7. The first kappa shape index (κ1) is 23.8. The second-order valence-electron chi connectivity index (χ2n) is 8.29. The highest BCUT2D eigenvalue weighted by Gasteiger charge is 2.29. The molecule has 0 spiro atoms. The predicted octanol–water partition coefficient (Wildman–Crippen LogP) is 6.42. The predicted molar refractivity (Wildman–Crippen MR) is 135 cm³/mol.